The van der Waals surface area contributed by atoms with Gasteiger partial charge in [0.15, 0.2) is 0 Å². The van der Waals surface area contributed by atoms with E-state index in [1.807, 2.05) is 12.3 Å². The van der Waals surface area contributed by atoms with E-state index in [0.29, 0.717) is 0 Å². The van der Waals surface area contributed by atoms with Crippen molar-refractivity contribution in [1.82, 2.24) is 4.98 Å². The number of fused-ring (bicyclic) bond motifs is 9. The lowest BCUT2D eigenvalue weighted by Crippen LogP contribution is -1.94. The Morgan fingerprint density at radius 1 is 0.327 bits per heavy atom. The van der Waals surface area contributed by atoms with Crippen LogP contribution in [0.1, 0.15) is 11.1 Å². The Morgan fingerprint density at radius 2 is 0.827 bits per heavy atom. The molecule has 9 aromatic carbocycles. The maximum Gasteiger partial charge on any atom is 0.0786 e. The molecule has 0 N–H and O–H groups in total. The van der Waals surface area contributed by atoms with Crippen LogP contribution < -0.4 is 0 Å². The standard InChI is InChI=1S/C51H35N/c1-32-39(38-14-7-13-36(30-38)37-27-28-47-45-18-4-3-16-43(45)44-17-5-6-19-46(44)49(47)31-37)20-9-21-40(32)41-22-10-23-42(33(41)2)48-24-8-12-34-25-26-35-15-11-29-52-51(35)50(34)48/h3-31H,1-2H3. The third kappa shape index (κ3) is 4.74. The van der Waals surface area contributed by atoms with Gasteiger partial charge in [0.2, 0.25) is 0 Å². The maximum absolute atomic E-state index is 4.83. The molecule has 0 aliphatic carbocycles. The second-order valence-corrected chi connectivity index (χ2v) is 13.9. The van der Waals surface area contributed by atoms with E-state index in [1.165, 1.54) is 98.7 Å². The summed E-state index contributed by atoms with van der Waals surface area (Å²) < 4.78 is 0. The second-order valence-electron chi connectivity index (χ2n) is 13.9. The number of rotatable bonds is 4. The number of benzene rings is 9. The average Bonchev–Trinajstić information content (AvgIpc) is 3.21. The first-order chi connectivity index (χ1) is 25.6. The Kier molecular flexibility index (Phi) is 7.01. The molecule has 1 aromatic heterocycles. The molecule has 0 radical (unpaired) electrons. The average molecular weight is 662 g/mol. The van der Waals surface area contributed by atoms with Crippen molar-refractivity contribution in [3.05, 3.63) is 187 Å². The SMILES string of the molecule is Cc1c(-c2cccc(-c3ccc4c5ccccc5c5ccccc5c4c3)c2)cccc1-c1cccc(-c2cccc3ccc4cccnc4c23)c1C. The zero-order chi connectivity index (χ0) is 34.8. The van der Waals surface area contributed by atoms with E-state index < -0.39 is 0 Å². The molecular weight excluding hydrogens is 627 g/mol. The van der Waals surface area contributed by atoms with Crippen LogP contribution in [0.5, 0.6) is 0 Å². The Morgan fingerprint density at radius 3 is 1.56 bits per heavy atom. The fraction of sp³-hybridized carbons (Fsp3) is 0.0392. The highest BCUT2D eigenvalue weighted by Gasteiger charge is 2.16. The molecule has 1 heteroatoms. The van der Waals surface area contributed by atoms with Gasteiger partial charge in [-0.25, -0.2) is 0 Å². The van der Waals surface area contributed by atoms with E-state index in [2.05, 4.69) is 178 Å². The summed E-state index contributed by atoms with van der Waals surface area (Å²) in [5.41, 5.74) is 13.5. The van der Waals surface area contributed by atoms with Crippen LogP contribution in [0.4, 0.5) is 0 Å². The van der Waals surface area contributed by atoms with Crippen molar-refractivity contribution in [3.63, 3.8) is 0 Å². The van der Waals surface area contributed by atoms with E-state index in [1.54, 1.807) is 0 Å². The number of hydrogen-bond acceptors (Lipinski definition) is 1. The van der Waals surface area contributed by atoms with Gasteiger partial charge in [0.05, 0.1) is 5.52 Å². The molecule has 0 atom stereocenters. The first-order valence-electron chi connectivity index (χ1n) is 18.0. The van der Waals surface area contributed by atoms with Gasteiger partial charge in [-0.15, -0.1) is 0 Å². The summed E-state index contributed by atoms with van der Waals surface area (Å²) in [6.45, 7) is 4.54. The highest BCUT2D eigenvalue weighted by atomic mass is 14.6. The summed E-state index contributed by atoms with van der Waals surface area (Å²) in [5.74, 6) is 0. The lowest BCUT2D eigenvalue weighted by atomic mass is 9.86. The Balaban J connectivity index is 1.08. The first-order valence-corrected chi connectivity index (χ1v) is 18.0. The van der Waals surface area contributed by atoms with Gasteiger partial charge in [-0.1, -0.05) is 152 Å². The van der Waals surface area contributed by atoms with Gasteiger partial charge in [-0.3, -0.25) is 4.98 Å². The van der Waals surface area contributed by atoms with Crippen molar-refractivity contribution in [2.24, 2.45) is 0 Å². The van der Waals surface area contributed by atoms with Gasteiger partial charge in [0.1, 0.15) is 0 Å². The molecule has 0 saturated carbocycles. The summed E-state index contributed by atoms with van der Waals surface area (Å²) in [7, 11) is 0. The third-order valence-electron chi connectivity index (χ3n) is 11.1. The minimum Gasteiger partial charge on any atom is -0.256 e. The summed E-state index contributed by atoms with van der Waals surface area (Å²) in [4.78, 5) is 4.83. The highest BCUT2D eigenvalue weighted by Crippen LogP contribution is 2.41. The number of hydrogen-bond donors (Lipinski definition) is 0. The zero-order valence-electron chi connectivity index (χ0n) is 29.2. The summed E-state index contributed by atoms with van der Waals surface area (Å²) in [6.07, 6.45) is 1.90. The lowest BCUT2D eigenvalue weighted by molar-refractivity contribution is 1.40. The van der Waals surface area contributed by atoms with Crippen LogP contribution in [-0.2, 0) is 0 Å². The largest absolute Gasteiger partial charge is 0.256 e. The zero-order valence-corrected chi connectivity index (χ0v) is 29.2. The van der Waals surface area contributed by atoms with E-state index in [-0.39, 0.29) is 0 Å². The van der Waals surface area contributed by atoms with E-state index in [0.717, 1.165) is 10.9 Å². The molecule has 244 valence electrons. The Labute approximate surface area is 303 Å². The van der Waals surface area contributed by atoms with Crippen LogP contribution in [0.15, 0.2) is 176 Å². The van der Waals surface area contributed by atoms with Crippen molar-refractivity contribution >= 4 is 54.0 Å². The summed E-state index contributed by atoms with van der Waals surface area (Å²) in [5, 5.41) is 11.4. The van der Waals surface area contributed by atoms with Crippen molar-refractivity contribution < 1.29 is 0 Å². The van der Waals surface area contributed by atoms with Crippen LogP contribution in [-0.4, -0.2) is 4.98 Å². The maximum atomic E-state index is 4.83. The van der Waals surface area contributed by atoms with E-state index >= 15 is 0 Å². The fourth-order valence-electron chi connectivity index (χ4n) is 8.55. The lowest BCUT2D eigenvalue weighted by Gasteiger charge is -2.18. The first kappa shape index (κ1) is 30.3. The highest BCUT2D eigenvalue weighted by molar-refractivity contribution is 6.25. The van der Waals surface area contributed by atoms with Gasteiger partial charge in [-0.05, 0) is 125 Å². The van der Waals surface area contributed by atoms with Crippen LogP contribution in [0.25, 0.3) is 98.5 Å². The molecule has 0 spiro atoms. The van der Waals surface area contributed by atoms with Crippen LogP contribution in [0.2, 0.25) is 0 Å². The Hall–Kier alpha value is -6.57. The molecule has 0 unspecified atom stereocenters. The van der Waals surface area contributed by atoms with Gasteiger partial charge >= 0.3 is 0 Å². The smallest absolute Gasteiger partial charge is 0.0786 e. The minimum absolute atomic E-state index is 1.05. The van der Waals surface area contributed by atoms with Gasteiger partial charge in [0.25, 0.3) is 0 Å². The monoisotopic (exact) mass is 661 g/mol. The third-order valence-corrected chi connectivity index (χ3v) is 11.1. The van der Waals surface area contributed by atoms with Gasteiger partial charge in [0, 0.05) is 17.0 Å². The van der Waals surface area contributed by atoms with Gasteiger partial charge in [-0.2, -0.15) is 0 Å². The van der Waals surface area contributed by atoms with Crippen LogP contribution >= 0.6 is 0 Å². The Bertz CT molecular complexity index is 3000. The van der Waals surface area contributed by atoms with E-state index in [4.69, 9.17) is 4.98 Å². The van der Waals surface area contributed by atoms with E-state index in [9.17, 15) is 0 Å². The van der Waals surface area contributed by atoms with Crippen LogP contribution in [0.3, 0.4) is 0 Å². The molecule has 1 heterocycles. The fourth-order valence-corrected chi connectivity index (χ4v) is 8.55. The predicted octanol–water partition coefficient (Wildman–Crippen LogP) is 14.1. The molecule has 52 heavy (non-hydrogen) atoms. The molecule has 10 aromatic rings. The van der Waals surface area contributed by atoms with Crippen molar-refractivity contribution in [2.75, 3.05) is 0 Å². The minimum atomic E-state index is 1.05. The molecule has 0 aliphatic rings. The van der Waals surface area contributed by atoms with Crippen molar-refractivity contribution in [2.45, 2.75) is 13.8 Å². The predicted molar refractivity (Wildman–Crippen MR) is 223 cm³/mol. The number of pyridine rings is 1. The number of nitrogens with zero attached hydrogens (tertiary/aromatic N) is 1. The summed E-state index contributed by atoms with van der Waals surface area (Å²) >= 11 is 0. The van der Waals surface area contributed by atoms with Crippen LogP contribution in [0, 0.1) is 13.8 Å². The molecule has 10 rings (SSSR count). The normalized spacial score (nSPS) is 11.7. The molecule has 0 saturated heterocycles. The summed E-state index contributed by atoms with van der Waals surface area (Å²) in [6, 6.07) is 62.2. The second kappa shape index (κ2) is 12.0. The molecule has 0 amide bonds. The molecule has 0 fully saturated rings. The topological polar surface area (TPSA) is 12.9 Å². The van der Waals surface area contributed by atoms with Crippen molar-refractivity contribution in [3.8, 4) is 44.5 Å². The molecule has 0 aliphatic heterocycles. The molecular formula is C51H35N. The number of aromatic nitrogens is 1. The molecule has 0 bridgehead atoms. The van der Waals surface area contributed by atoms with Gasteiger partial charge < -0.3 is 0 Å². The quantitative estimate of drug-likeness (QED) is 0.171. The molecule has 1 nitrogen and oxygen atoms in total. The van der Waals surface area contributed by atoms with Crippen molar-refractivity contribution in [1.29, 1.82) is 0 Å².